The van der Waals surface area contributed by atoms with Gasteiger partial charge in [-0.1, -0.05) is 11.8 Å². The number of hydrogen-bond donors (Lipinski definition) is 1. The van der Waals surface area contributed by atoms with Gasteiger partial charge in [0.05, 0.1) is 27.9 Å². The number of quaternary nitrogens is 1. The van der Waals surface area contributed by atoms with E-state index in [-0.39, 0.29) is 11.8 Å². The summed E-state index contributed by atoms with van der Waals surface area (Å²) in [6.45, 7) is 0.976. The molecule has 0 aliphatic carbocycles. The van der Waals surface area contributed by atoms with Crippen LogP contribution in [0.1, 0.15) is 17.2 Å². The molecule has 0 fully saturated rings. The third-order valence-corrected chi connectivity index (χ3v) is 5.12. The molecule has 2 aliphatic rings. The van der Waals surface area contributed by atoms with Crippen LogP contribution < -0.4 is 34.7 Å². The normalized spacial score (nSPS) is 20.3. The first-order valence-electron chi connectivity index (χ1n) is 8.33. The molecule has 5 heteroatoms. The highest BCUT2D eigenvalue weighted by Crippen LogP contribution is 2.32. The number of nitrogens with one attached hydrogen (secondary N) is 1. The maximum absolute atomic E-state index is 12.2. The van der Waals surface area contributed by atoms with Gasteiger partial charge in [-0.3, -0.25) is 4.90 Å². The Hall–Kier alpha value is -2.66. The molecule has 0 radical (unpaired) electrons. The summed E-state index contributed by atoms with van der Waals surface area (Å²) in [4.78, 5) is 1.33. The highest BCUT2D eigenvalue weighted by atomic mass is 16.5. The van der Waals surface area contributed by atoms with Crippen LogP contribution in [0.4, 0.5) is 0 Å². The highest BCUT2D eigenvalue weighted by molar-refractivity contribution is 5.54. The van der Waals surface area contributed by atoms with Crippen LogP contribution in [0.25, 0.3) is 12.3 Å². The average molecular weight is 339 g/mol. The van der Waals surface area contributed by atoms with Crippen molar-refractivity contribution in [1.82, 2.24) is 0 Å². The van der Waals surface area contributed by atoms with Gasteiger partial charge in [0.1, 0.15) is 18.0 Å². The Balaban J connectivity index is 1.87. The quantitative estimate of drug-likeness (QED) is 0.819. The van der Waals surface area contributed by atoms with Gasteiger partial charge in [0, 0.05) is 17.2 Å². The van der Waals surface area contributed by atoms with Gasteiger partial charge in [-0.15, -0.1) is 0 Å². The second-order valence-corrected chi connectivity index (χ2v) is 6.40. The van der Waals surface area contributed by atoms with Crippen molar-refractivity contribution in [2.45, 2.75) is 12.5 Å². The van der Waals surface area contributed by atoms with E-state index in [0.29, 0.717) is 11.5 Å². The largest absolute Gasteiger partial charge is 0.870 e. The molecule has 4 rings (SSSR count). The molecular weight excluding hydrogens is 318 g/mol. The lowest BCUT2D eigenvalue weighted by atomic mass is 9.90. The maximum Gasteiger partial charge on any atom is 0.161 e. The van der Waals surface area contributed by atoms with Crippen LogP contribution in [0.3, 0.4) is 0 Å². The zero-order chi connectivity index (χ0) is 17.6. The monoisotopic (exact) mass is 339 g/mol. The fourth-order valence-corrected chi connectivity index (χ4v) is 3.84. The second-order valence-electron chi connectivity index (χ2n) is 6.40. The van der Waals surface area contributed by atoms with Crippen molar-refractivity contribution in [3.63, 3.8) is 0 Å². The standard InChI is InChI=1S/C20H21NO4/c1-23-18-7-12-4-5-21-11-14-9-20(25-3)19(24-2)8-13(14)6-16(21)15(12)10-17(18)22/h6-11,16,22H,4-5H2,1-3H3. The lowest BCUT2D eigenvalue weighted by Crippen LogP contribution is -3.09. The van der Waals surface area contributed by atoms with Gasteiger partial charge in [-0.2, -0.15) is 0 Å². The molecule has 2 aromatic carbocycles. The molecule has 0 aromatic heterocycles. The molecule has 0 spiro atoms. The van der Waals surface area contributed by atoms with Crippen molar-refractivity contribution >= 4 is 12.3 Å². The van der Waals surface area contributed by atoms with Crippen LogP contribution in [0.15, 0.2) is 24.3 Å². The number of fused-ring (bicyclic) bond motifs is 4. The van der Waals surface area contributed by atoms with Crippen LogP contribution in [0.2, 0.25) is 0 Å². The van der Waals surface area contributed by atoms with Gasteiger partial charge in [-0.25, -0.2) is 0 Å². The third-order valence-electron chi connectivity index (χ3n) is 5.12. The second kappa shape index (κ2) is 6.01. The Bertz CT molecular complexity index is 951. The minimum atomic E-state index is -0.0611. The van der Waals surface area contributed by atoms with Gasteiger partial charge in [0.25, 0.3) is 0 Å². The summed E-state index contributed by atoms with van der Waals surface area (Å²) >= 11 is 0. The predicted octanol–water partition coefficient (Wildman–Crippen LogP) is -0.500. The van der Waals surface area contributed by atoms with Crippen LogP contribution in [0.5, 0.6) is 23.0 Å². The zero-order valence-corrected chi connectivity index (χ0v) is 14.6. The predicted molar refractivity (Wildman–Crippen MR) is 92.4 cm³/mol. The summed E-state index contributed by atoms with van der Waals surface area (Å²) in [6.07, 6.45) is 5.36. The molecule has 0 saturated carbocycles. The van der Waals surface area contributed by atoms with E-state index in [1.54, 1.807) is 27.4 Å². The first kappa shape index (κ1) is 15.8. The molecule has 2 heterocycles. The fourth-order valence-electron chi connectivity index (χ4n) is 3.84. The van der Waals surface area contributed by atoms with Gasteiger partial charge in [0.2, 0.25) is 0 Å². The number of ether oxygens (including phenoxy) is 3. The molecule has 0 saturated heterocycles. The summed E-state index contributed by atoms with van der Waals surface area (Å²) in [5.74, 6) is 1.81. The lowest BCUT2D eigenvalue weighted by Gasteiger charge is -2.33. The minimum Gasteiger partial charge on any atom is -0.870 e. The number of benzene rings is 2. The van der Waals surface area contributed by atoms with Crippen molar-refractivity contribution in [3.8, 4) is 23.0 Å². The van der Waals surface area contributed by atoms with Gasteiger partial charge in [0.15, 0.2) is 11.5 Å². The summed E-state index contributed by atoms with van der Waals surface area (Å²) < 4.78 is 16.0. The van der Waals surface area contributed by atoms with Crippen LogP contribution >= 0.6 is 0 Å². The van der Waals surface area contributed by atoms with Crippen molar-refractivity contribution < 1.29 is 24.2 Å². The summed E-state index contributed by atoms with van der Waals surface area (Å²) in [5, 5.41) is 14.5. The van der Waals surface area contributed by atoms with E-state index in [1.807, 2.05) is 18.2 Å². The van der Waals surface area contributed by atoms with E-state index in [2.05, 4.69) is 12.3 Å². The smallest absolute Gasteiger partial charge is 0.161 e. The van der Waals surface area contributed by atoms with Gasteiger partial charge < -0.3 is 19.3 Å². The molecule has 0 bridgehead atoms. The first-order chi connectivity index (χ1) is 12.1. The molecule has 5 nitrogen and oxygen atoms in total. The Labute approximate surface area is 146 Å². The van der Waals surface area contributed by atoms with E-state index in [0.717, 1.165) is 34.7 Å². The molecule has 25 heavy (non-hydrogen) atoms. The van der Waals surface area contributed by atoms with E-state index < -0.39 is 0 Å². The highest BCUT2D eigenvalue weighted by Gasteiger charge is 2.30. The number of methoxy groups -OCH3 is 3. The Morgan fingerprint density at radius 1 is 0.920 bits per heavy atom. The van der Waals surface area contributed by atoms with E-state index in [4.69, 9.17) is 14.2 Å². The van der Waals surface area contributed by atoms with E-state index >= 15 is 0 Å². The van der Waals surface area contributed by atoms with E-state index in [9.17, 15) is 5.11 Å². The lowest BCUT2D eigenvalue weighted by molar-refractivity contribution is -0.844. The molecule has 1 N–H and O–H groups in total. The fraction of sp³-hybridized carbons (Fsp3) is 0.300. The minimum absolute atomic E-state index is 0.0611. The average Bonchev–Trinajstić information content (AvgIpc) is 2.64. The SMILES string of the molecule is COc1cc2c(cc1[O-])C1C=c3cc(OC)c(OC)cc3=C[NH+]1CC2. The molecular formula is C20H21NO4. The Morgan fingerprint density at radius 3 is 2.28 bits per heavy atom. The topological polar surface area (TPSA) is 55.2 Å². The van der Waals surface area contributed by atoms with Gasteiger partial charge >= 0.3 is 0 Å². The maximum atomic E-state index is 12.2. The van der Waals surface area contributed by atoms with Crippen LogP contribution in [-0.2, 0) is 6.42 Å². The van der Waals surface area contributed by atoms with Crippen LogP contribution in [0, 0.1) is 0 Å². The van der Waals surface area contributed by atoms with Crippen LogP contribution in [-0.4, -0.2) is 27.9 Å². The molecule has 0 amide bonds. The molecule has 130 valence electrons. The van der Waals surface area contributed by atoms with Crippen molar-refractivity contribution in [3.05, 3.63) is 45.8 Å². The van der Waals surface area contributed by atoms with Gasteiger partial charge in [-0.05, 0) is 35.1 Å². The Kier molecular flexibility index (Phi) is 3.81. The number of rotatable bonds is 3. The summed E-state index contributed by atoms with van der Waals surface area (Å²) in [6, 6.07) is 7.77. The zero-order valence-electron chi connectivity index (χ0n) is 14.6. The summed E-state index contributed by atoms with van der Waals surface area (Å²) in [5.41, 5.74) is 2.28. The molecule has 2 atom stereocenters. The van der Waals surface area contributed by atoms with Crippen molar-refractivity contribution in [2.75, 3.05) is 27.9 Å². The third kappa shape index (κ3) is 2.51. The molecule has 2 aliphatic heterocycles. The first-order valence-corrected chi connectivity index (χ1v) is 8.33. The molecule has 2 unspecified atom stereocenters. The Morgan fingerprint density at radius 2 is 1.60 bits per heavy atom. The van der Waals surface area contributed by atoms with Crippen molar-refractivity contribution in [2.24, 2.45) is 0 Å². The van der Waals surface area contributed by atoms with Crippen molar-refractivity contribution in [1.29, 1.82) is 0 Å². The molecule has 2 aromatic rings. The number of hydrogen-bond acceptors (Lipinski definition) is 4. The summed E-state index contributed by atoms with van der Waals surface area (Å²) in [7, 11) is 4.83. The van der Waals surface area contributed by atoms with E-state index in [1.165, 1.54) is 10.5 Å².